The highest BCUT2D eigenvalue weighted by atomic mass is 32.2. The minimum Gasteiger partial charge on any atom is -0.388 e. The van der Waals surface area contributed by atoms with Gasteiger partial charge >= 0.3 is 0 Å². The van der Waals surface area contributed by atoms with Gasteiger partial charge in [-0.1, -0.05) is 19.9 Å². The van der Waals surface area contributed by atoms with E-state index in [-0.39, 0.29) is 5.91 Å². The molecule has 0 aromatic carbocycles. The van der Waals surface area contributed by atoms with Crippen LogP contribution < -0.4 is 5.32 Å². The van der Waals surface area contributed by atoms with E-state index in [2.05, 4.69) is 29.0 Å². The Kier molecular flexibility index (Phi) is 7.02. The molecule has 1 aromatic heterocycles. The molecule has 3 rings (SSSR count). The van der Waals surface area contributed by atoms with Crippen molar-refractivity contribution in [2.75, 3.05) is 32.0 Å². The van der Waals surface area contributed by atoms with Crippen molar-refractivity contribution in [1.29, 1.82) is 0 Å². The van der Waals surface area contributed by atoms with Crippen molar-refractivity contribution < 1.29 is 14.6 Å². The fraction of sp³-hybridized carbons (Fsp3) is 0.714. The molecule has 1 aromatic rings. The molecule has 2 atom stereocenters. The summed E-state index contributed by atoms with van der Waals surface area (Å²) >= 11 is 1.98. The third-order valence-corrected chi connectivity index (χ3v) is 7.06. The first-order valence-electron chi connectivity index (χ1n) is 10.2. The van der Waals surface area contributed by atoms with Gasteiger partial charge in [-0.2, -0.15) is 11.8 Å². The fourth-order valence-corrected chi connectivity index (χ4v) is 5.04. The van der Waals surface area contributed by atoms with Gasteiger partial charge in [-0.05, 0) is 43.6 Å². The Balaban J connectivity index is 1.60. The average Bonchev–Trinajstić information content (AvgIpc) is 2.68. The van der Waals surface area contributed by atoms with Crippen LogP contribution in [-0.4, -0.2) is 75.4 Å². The Labute approximate surface area is 172 Å². The SMILES string of the molecule is CC(C)SCCN1CCC2(CC1)OCC[C@@](C)(NC(=O)c1ccccn1)[C@@H]2O. The van der Waals surface area contributed by atoms with Crippen LogP contribution in [0.4, 0.5) is 0 Å². The van der Waals surface area contributed by atoms with Crippen molar-refractivity contribution in [3.8, 4) is 0 Å². The summed E-state index contributed by atoms with van der Waals surface area (Å²) in [6.07, 6.45) is 3.02. The number of amides is 1. The highest BCUT2D eigenvalue weighted by molar-refractivity contribution is 7.99. The van der Waals surface area contributed by atoms with Gasteiger partial charge < -0.3 is 20.1 Å². The Hall–Kier alpha value is -1.15. The summed E-state index contributed by atoms with van der Waals surface area (Å²) in [5, 5.41) is 14.9. The molecule has 156 valence electrons. The average molecular weight is 408 g/mol. The molecule has 2 saturated heterocycles. The summed E-state index contributed by atoms with van der Waals surface area (Å²) in [4.78, 5) is 19.2. The van der Waals surface area contributed by atoms with E-state index in [0.29, 0.717) is 24.0 Å². The van der Waals surface area contributed by atoms with Crippen molar-refractivity contribution in [3.05, 3.63) is 30.1 Å². The van der Waals surface area contributed by atoms with Gasteiger partial charge in [0.1, 0.15) is 11.8 Å². The van der Waals surface area contributed by atoms with Crippen LogP contribution in [0.15, 0.2) is 24.4 Å². The van der Waals surface area contributed by atoms with E-state index in [1.807, 2.05) is 18.7 Å². The first-order valence-corrected chi connectivity index (χ1v) is 11.3. The van der Waals surface area contributed by atoms with Crippen molar-refractivity contribution in [2.24, 2.45) is 0 Å². The lowest BCUT2D eigenvalue weighted by Crippen LogP contribution is -2.69. The molecular weight excluding hydrogens is 374 g/mol. The van der Waals surface area contributed by atoms with Gasteiger partial charge in [0.25, 0.3) is 5.91 Å². The maximum atomic E-state index is 12.6. The highest BCUT2D eigenvalue weighted by Gasteiger charge is 2.53. The molecule has 2 aliphatic rings. The molecule has 0 saturated carbocycles. The first-order chi connectivity index (χ1) is 13.3. The monoisotopic (exact) mass is 407 g/mol. The van der Waals surface area contributed by atoms with Gasteiger partial charge in [-0.3, -0.25) is 9.78 Å². The molecule has 0 bridgehead atoms. The fourth-order valence-electron chi connectivity index (χ4n) is 4.20. The number of pyridine rings is 1. The number of hydrogen-bond acceptors (Lipinski definition) is 6. The number of rotatable bonds is 6. The van der Waals surface area contributed by atoms with E-state index in [0.717, 1.165) is 38.2 Å². The third kappa shape index (κ3) is 4.87. The largest absolute Gasteiger partial charge is 0.388 e. The number of ether oxygens (including phenoxy) is 1. The van der Waals surface area contributed by atoms with Crippen molar-refractivity contribution in [1.82, 2.24) is 15.2 Å². The molecule has 1 spiro atoms. The van der Waals surface area contributed by atoms with Gasteiger partial charge in [0.05, 0.1) is 11.1 Å². The number of aliphatic hydroxyl groups is 1. The highest BCUT2D eigenvalue weighted by Crippen LogP contribution is 2.40. The molecule has 0 unspecified atom stereocenters. The number of aromatic nitrogens is 1. The van der Waals surface area contributed by atoms with Crippen LogP contribution in [0.3, 0.4) is 0 Å². The van der Waals surface area contributed by atoms with Crippen LogP contribution in [0.25, 0.3) is 0 Å². The van der Waals surface area contributed by atoms with Crippen LogP contribution >= 0.6 is 11.8 Å². The zero-order chi connectivity index (χ0) is 20.2. The number of carbonyl (C=O) groups excluding carboxylic acids is 1. The Morgan fingerprint density at radius 3 is 2.79 bits per heavy atom. The number of piperidine rings is 1. The Morgan fingerprint density at radius 1 is 1.39 bits per heavy atom. The van der Waals surface area contributed by atoms with Crippen LogP contribution in [-0.2, 0) is 4.74 Å². The van der Waals surface area contributed by atoms with Crippen molar-refractivity contribution in [2.45, 2.75) is 62.5 Å². The molecule has 2 N–H and O–H groups in total. The van der Waals surface area contributed by atoms with E-state index >= 15 is 0 Å². The van der Waals surface area contributed by atoms with Crippen LogP contribution in [0.5, 0.6) is 0 Å². The maximum absolute atomic E-state index is 12.6. The van der Waals surface area contributed by atoms with Crippen molar-refractivity contribution >= 4 is 17.7 Å². The number of hydrogen-bond donors (Lipinski definition) is 2. The normalized spacial score (nSPS) is 27.8. The number of thioether (sulfide) groups is 1. The second-order valence-corrected chi connectivity index (χ2v) is 10.1. The van der Waals surface area contributed by atoms with Gasteiger partial charge in [-0.15, -0.1) is 0 Å². The van der Waals surface area contributed by atoms with Gasteiger partial charge in [0.15, 0.2) is 0 Å². The Bertz CT molecular complexity index is 650. The molecule has 2 aliphatic heterocycles. The molecule has 0 radical (unpaired) electrons. The smallest absolute Gasteiger partial charge is 0.270 e. The Morgan fingerprint density at radius 2 is 2.14 bits per heavy atom. The minimum atomic E-state index is -0.742. The maximum Gasteiger partial charge on any atom is 0.270 e. The topological polar surface area (TPSA) is 74.7 Å². The predicted molar refractivity (Wildman–Crippen MR) is 113 cm³/mol. The van der Waals surface area contributed by atoms with E-state index in [4.69, 9.17) is 4.74 Å². The molecular formula is C21H33N3O3S. The van der Waals surface area contributed by atoms with E-state index in [1.165, 1.54) is 0 Å². The van der Waals surface area contributed by atoms with Crippen molar-refractivity contribution in [3.63, 3.8) is 0 Å². The summed E-state index contributed by atoms with van der Waals surface area (Å²) < 4.78 is 6.14. The molecule has 7 heteroatoms. The van der Waals surface area contributed by atoms with E-state index in [1.54, 1.807) is 24.4 Å². The number of nitrogens with one attached hydrogen (secondary N) is 1. The summed E-state index contributed by atoms with van der Waals surface area (Å²) in [6, 6.07) is 5.26. The molecule has 1 amide bonds. The number of likely N-dealkylation sites (tertiary alicyclic amines) is 1. The number of nitrogens with zero attached hydrogens (tertiary/aromatic N) is 2. The zero-order valence-electron chi connectivity index (χ0n) is 17.2. The van der Waals surface area contributed by atoms with Gasteiger partial charge in [0, 0.05) is 38.2 Å². The summed E-state index contributed by atoms with van der Waals surface area (Å²) in [7, 11) is 0. The lowest BCUT2D eigenvalue weighted by Gasteiger charge is -2.53. The molecule has 28 heavy (non-hydrogen) atoms. The summed E-state index contributed by atoms with van der Waals surface area (Å²) in [5.74, 6) is 0.883. The molecule has 0 aliphatic carbocycles. The van der Waals surface area contributed by atoms with E-state index in [9.17, 15) is 9.90 Å². The lowest BCUT2D eigenvalue weighted by molar-refractivity contribution is -0.205. The second kappa shape index (κ2) is 9.11. The molecule has 2 fully saturated rings. The van der Waals surface area contributed by atoms with Gasteiger partial charge in [-0.25, -0.2) is 0 Å². The van der Waals surface area contributed by atoms with Crippen LogP contribution in [0, 0.1) is 0 Å². The molecule has 3 heterocycles. The standard InChI is InChI=1S/C21H33N3O3S/c1-16(2)28-15-13-24-11-7-21(8-12-24)19(26)20(3,9-14-27-21)23-18(25)17-6-4-5-10-22-17/h4-6,10,16,19,26H,7-9,11-15H2,1-3H3,(H,23,25)/t19-,20+/m0/s1. The van der Waals surface area contributed by atoms with Gasteiger partial charge in [0.2, 0.25) is 0 Å². The first kappa shape index (κ1) is 21.6. The number of carbonyl (C=O) groups is 1. The summed E-state index contributed by atoms with van der Waals surface area (Å²) in [5.41, 5.74) is -0.928. The third-order valence-electron chi connectivity index (χ3n) is 5.97. The lowest BCUT2D eigenvalue weighted by atomic mass is 9.73. The zero-order valence-corrected chi connectivity index (χ0v) is 18.0. The summed E-state index contributed by atoms with van der Waals surface area (Å²) in [6.45, 7) is 9.82. The second-order valence-electron chi connectivity index (χ2n) is 8.41. The van der Waals surface area contributed by atoms with Crippen LogP contribution in [0.2, 0.25) is 0 Å². The quantitative estimate of drug-likeness (QED) is 0.754. The molecule has 6 nitrogen and oxygen atoms in total. The van der Waals surface area contributed by atoms with E-state index < -0.39 is 17.2 Å². The minimum absolute atomic E-state index is 0.248. The number of aliphatic hydroxyl groups excluding tert-OH is 1. The van der Waals surface area contributed by atoms with Crippen LogP contribution in [0.1, 0.15) is 50.5 Å². The predicted octanol–water partition coefficient (Wildman–Crippen LogP) is 2.33.